The Morgan fingerprint density at radius 2 is 1.58 bits per heavy atom. The molecule has 1 aliphatic heterocycles. The topological polar surface area (TPSA) is 63.7 Å². The number of likely N-dealkylation sites (tertiary alicyclic amines) is 1. The molecule has 0 spiro atoms. The highest BCUT2D eigenvalue weighted by atomic mass is 16.5. The fourth-order valence-electron chi connectivity index (χ4n) is 4.84. The standard InChI is InChI=1S/C26H29NO4/c1-18-10-12-20(13-11-18)25(29)22-8-4-5-9-23(22)26(30)31-17-24(28)27-15-14-19-6-2-3-7-21(19)16-27/h4-5,8-13,19,21H,2-3,6-7,14-17H2,1H3/t19-,21-/m1/s1. The molecule has 0 N–H and O–H groups in total. The molecule has 1 saturated carbocycles. The van der Waals surface area contributed by atoms with E-state index in [4.69, 9.17) is 4.74 Å². The summed E-state index contributed by atoms with van der Waals surface area (Å²) in [5, 5.41) is 0. The Bertz CT molecular complexity index is 966. The number of ketones is 1. The molecule has 2 fully saturated rings. The summed E-state index contributed by atoms with van der Waals surface area (Å²) >= 11 is 0. The van der Waals surface area contributed by atoms with Gasteiger partial charge < -0.3 is 9.64 Å². The lowest BCUT2D eigenvalue weighted by Crippen LogP contribution is -2.46. The van der Waals surface area contributed by atoms with Crippen LogP contribution in [0.25, 0.3) is 0 Å². The van der Waals surface area contributed by atoms with Crippen molar-refractivity contribution in [2.24, 2.45) is 11.8 Å². The Kier molecular flexibility index (Phi) is 6.50. The summed E-state index contributed by atoms with van der Waals surface area (Å²) in [6, 6.07) is 13.8. The van der Waals surface area contributed by atoms with E-state index in [1.54, 1.807) is 36.4 Å². The van der Waals surface area contributed by atoms with Gasteiger partial charge in [-0.3, -0.25) is 9.59 Å². The zero-order valence-electron chi connectivity index (χ0n) is 18.0. The second-order valence-electron chi connectivity index (χ2n) is 8.75. The molecule has 0 bridgehead atoms. The number of esters is 1. The number of fused-ring (bicyclic) bond motifs is 1. The van der Waals surface area contributed by atoms with E-state index in [0.29, 0.717) is 11.5 Å². The summed E-state index contributed by atoms with van der Waals surface area (Å²) in [4.78, 5) is 40.1. The molecule has 5 nitrogen and oxygen atoms in total. The molecule has 1 amide bonds. The SMILES string of the molecule is Cc1ccc(C(=O)c2ccccc2C(=O)OCC(=O)N2CC[C@H]3CCCC[C@@H]3C2)cc1. The number of rotatable bonds is 5. The lowest BCUT2D eigenvalue weighted by atomic mass is 9.75. The van der Waals surface area contributed by atoms with E-state index in [9.17, 15) is 14.4 Å². The Balaban J connectivity index is 1.39. The van der Waals surface area contributed by atoms with Gasteiger partial charge in [-0.2, -0.15) is 0 Å². The van der Waals surface area contributed by atoms with Crippen LogP contribution >= 0.6 is 0 Å². The molecule has 31 heavy (non-hydrogen) atoms. The molecule has 1 aliphatic carbocycles. The summed E-state index contributed by atoms with van der Waals surface area (Å²) in [5.74, 6) is 0.282. The molecule has 0 unspecified atom stereocenters. The van der Waals surface area contributed by atoms with Crippen LogP contribution in [0, 0.1) is 18.8 Å². The number of carbonyl (C=O) groups excluding carboxylic acids is 3. The van der Waals surface area contributed by atoms with Gasteiger partial charge in [-0.25, -0.2) is 4.79 Å². The van der Waals surface area contributed by atoms with Gasteiger partial charge in [0.2, 0.25) is 0 Å². The van der Waals surface area contributed by atoms with Crippen molar-refractivity contribution < 1.29 is 19.1 Å². The van der Waals surface area contributed by atoms with Crippen molar-refractivity contribution in [1.82, 2.24) is 4.90 Å². The predicted molar refractivity (Wildman–Crippen MR) is 118 cm³/mol. The van der Waals surface area contributed by atoms with Gasteiger partial charge in [-0.1, -0.05) is 67.3 Å². The first-order chi connectivity index (χ1) is 15.0. The van der Waals surface area contributed by atoms with Crippen molar-refractivity contribution in [2.45, 2.75) is 39.0 Å². The smallest absolute Gasteiger partial charge is 0.339 e. The summed E-state index contributed by atoms with van der Waals surface area (Å²) < 4.78 is 5.34. The lowest BCUT2D eigenvalue weighted by molar-refractivity contribution is -0.137. The summed E-state index contributed by atoms with van der Waals surface area (Å²) in [6.07, 6.45) is 6.03. The minimum absolute atomic E-state index is 0.153. The van der Waals surface area contributed by atoms with E-state index >= 15 is 0 Å². The third-order valence-corrected chi connectivity index (χ3v) is 6.68. The van der Waals surface area contributed by atoms with Crippen LogP contribution in [0.5, 0.6) is 0 Å². The Hall–Kier alpha value is -2.95. The second kappa shape index (κ2) is 9.46. The first-order valence-corrected chi connectivity index (χ1v) is 11.2. The summed E-state index contributed by atoms with van der Waals surface area (Å²) in [6.45, 7) is 3.17. The second-order valence-corrected chi connectivity index (χ2v) is 8.75. The molecule has 162 valence electrons. The maximum absolute atomic E-state index is 12.9. The van der Waals surface area contributed by atoms with Crippen LogP contribution in [0.3, 0.4) is 0 Å². The molecule has 2 aliphatic rings. The summed E-state index contributed by atoms with van der Waals surface area (Å²) in [5.41, 5.74) is 2.04. The molecule has 1 heterocycles. The third kappa shape index (κ3) is 4.87. The monoisotopic (exact) mass is 419 g/mol. The minimum atomic E-state index is -0.642. The quantitative estimate of drug-likeness (QED) is 0.532. The van der Waals surface area contributed by atoms with Crippen molar-refractivity contribution >= 4 is 17.7 Å². The van der Waals surface area contributed by atoms with E-state index in [0.717, 1.165) is 31.0 Å². The van der Waals surface area contributed by atoms with Gasteiger partial charge in [0, 0.05) is 24.2 Å². The van der Waals surface area contributed by atoms with E-state index in [1.165, 1.54) is 25.7 Å². The first kappa shape index (κ1) is 21.3. The van der Waals surface area contributed by atoms with Crippen molar-refractivity contribution in [3.8, 4) is 0 Å². The largest absolute Gasteiger partial charge is 0.452 e. The maximum atomic E-state index is 12.9. The molecular formula is C26H29NO4. The first-order valence-electron chi connectivity index (χ1n) is 11.2. The molecule has 2 atom stereocenters. The predicted octanol–water partition coefficient (Wildman–Crippen LogP) is 4.42. The zero-order valence-corrected chi connectivity index (χ0v) is 18.0. The highest BCUT2D eigenvalue weighted by Crippen LogP contribution is 2.36. The molecule has 1 saturated heterocycles. The molecule has 2 aromatic carbocycles. The van der Waals surface area contributed by atoms with E-state index in [-0.39, 0.29) is 29.4 Å². The van der Waals surface area contributed by atoms with Gasteiger partial charge in [0.25, 0.3) is 5.91 Å². The molecular weight excluding hydrogens is 390 g/mol. The van der Waals surface area contributed by atoms with E-state index in [1.807, 2.05) is 24.0 Å². The highest BCUT2D eigenvalue weighted by molar-refractivity contribution is 6.14. The van der Waals surface area contributed by atoms with Crippen LogP contribution in [0.2, 0.25) is 0 Å². The van der Waals surface area contributed by atoms with Crippen LogP contribution in [0.4, 0.5) is 0 Å². The van der Waals surface area contributed by atoms with Gasteiger partial charge in [-0.15, -0.1) is 0 Å². The molecule has 5 heteroatoms. The minimum Gasteiger partial charge on any atom is -0.452 e. The Morgan fingerprint density at radius 3 is 2.32 bits per heavy atom. The number of nitrogens with zero attached hydrogens (tertiary/aromatic N) is 1. The molecule has 4 rings (SSSR count). The number of piperidine rings is 1. The number of ether oxygens (including phenoxy) is 1. The van der Waals surface area contributed by atoms with Crippen LogP contribution in [-0.4, -0.2) is 42.3 Å². The van der Waals surface area contributed by atoms with Crippen molar-refractivity contribution in [2.75, 3.05) is 19.7 Å². The Labute approximate surface area is 183 Å². The van der Waals surface area contributed by atoms with Gasteiger partial charge in [0.1, 0.15) is 0 Å². The number of aryl methyl sites for hydroxylation is 1. The van der Waals surface area contributed by atoms with Crippen LogP contribution in [0.15, 0.2) is 48.5 Å². The van der Waals surface area contributed by atoms with Gasteiger partial charge in [0.15, 0.2) is 12.4 Å². The fraction of sp³-hybridized carbons (Fsp3) is 0.423. The molecule has 0 radical (unpaired) electrons. The average Bonchev–Trinajstić information content (AvgIpc) is 2.82. The van der Waals surface area contributed by atoms with E-state index in [2.05, 4.69) is 0 Å². The van der Waals surface area contributed by atoms with Crippen molar-refractivity contribution in [1.29, 1.82) is 0 Å². The van der Waals surface area contributed by atoms with Gasteiger partial charge >= 0.3 is 5.97 Å². The lowest BCUT2D eigenvalue weighted by Gasteiger charge is -2.41. The normalized spacial score (nSPS) is 20.6. The number of benzene rings is 2. The zero-order chi connectivity index (χ0) is 21.8. The van der Waals surface area contributed by atoms with Gasteiger partial charge in [0.05, 0.1) is 5.56 Å². The average molecular weight is 420 g/mol. The number of carbonyl (C=O) groups is 3. The highest BCUT2D eigenvalue weighted by Gasteiger charge is 2.33. The Morgan fingerprint density at radius 1 is 0.903 bits per heavy atom. The molecule has 2 aromatic rings. The maximum Gasteiger partial charge on any atom is 0.339 e. The summed E-state index contributed by atoms with van der Waals surface area (Å²) in [7, 11) is 0. The third-order valence-electron chi connectivity index (χ3n) is 6.68. The van der Waals surface area contributed by atoms with Crippen molar-refractivity contribution in [3.05, 3.63) is 70.8 Å². The van der Waals surface area contributed by atoms with Crippen LogP contribution in [-0.2, 0) is 9.53 Å². The van der Waals surface area contributed by atoms with Crippen molar-refractivity contribution in [3.63, 3.8) is 0 Å². The molecule has 0 aromatic heterocycles. The van der Waals surface area contributed by atoms with Crippen LogP contribution in [0.1, 0.15) is 63.9 Å². The number of amides is 1. The fourth-order valence-corrected chi connectivity index (χ4v) is 4.84. The van der Waals surface area contributed by atoms with E-state index < -0.39 is 5.97 Å². The van der Waals surface area contributed by atoms with Gasteiger partial charge in [-0.05, 0) is 37.7 Å². The van der Waals surface area contributed by atoms with Crippen LogP contribution < -0.4 is 0 Å². The number of hydrogen-bond acceptors (Lipinski definition) is 4. The number of hydrogen-bond donors (Lipinski definition) is 0.